The molecule has 0 atom stereocenters. The van der Waals surface area contributed by atoms with Crippen LogP contribution in [0, 0.1) is 6.92 Å². The van der Waals surface area contributed by atoms with Crippen LogP contribution in [0.3, 0.4) is 0 Å². The summed E-state index contributed by atoms with van der Waals surface area (Å²) in [5.41, 5.74) is 2.18. The molecule has 36 heavy (non-hydrogen) atoms. The van der Waals surface area contributed by atoms with Crippen molar-refractivity contribution in [3.63, 3.8) is 0 Å². The number of aryl methyl sites for hydroxylation is 1. The number of alkyl halides is 3. The van der Waals surface area contributed by atoms with Crippen molar-refractivity contribution in [3.8, 4) is 17.1 Å². The number of rotatable bonds is 5. The summed E-state index contributed by atoms with van der Waals surface area (Å²) in [4.78, 5) is 26.0. The van der Waals surface area contributed by atoms with Gasteiger partial charge in [0.1, 0.15) is 11.6 Å². The Balaban J connectivity index is 1.50. The van der Waals surface area contributed by atoms with Crippen molar-refractivity contribution in [3.05, 3.63) is 65.4 Å². The van der Waals surface area contributed by atoms with E-state index >= 15 is 0 Å². The normalized spacial score (nSPS) is 14.1. The number of para-hydroxylation sites is 2. The molecule has 1 aromatic heterocycles. The van der Waals surface area contributed by atoms with Gasteiger partial charge in [0, 0.05) is 43.0 Å². The molecule has 0 radical (unpaired) electrons. The molecule has 0 aliphatic carbocycles. The summed E-state index contributed by atoms with van der Waals surface area (Å²) in [5.74, 6) is 1.72. The number of nitrogens with one attached hydrogen (secondary N) is 1. The van der Waals surface area contributed by atoms with E-state index in [1.54, 1.807) is 24.1 Å². The molecule has 0 unspecified atom stereocenters. The van der Waals surface area contributed by atoms with E-state index in [9.17, 15) is 18.0 Å². The number of piperazine rings is 1. The van der Waals surface area contributed by atoms with Gasteiger partial charge < -0.3 is 19.9 Å². The van der Waals surface area contributed by atoms with E-state index in [2.05, 4.69) is 15.2 Å². The second-order valence-electron chi connectivity index (χ2n) is 8.47. The third-order valence-electron chi connectivity index (χ3n) is 6.23. The molecule has 1 aliphatic heterocycles. The first-order valence-electron chi connectivity index (χ1n) is 11.7. The SMILES string of the molecule is CCc1c(C)nc(-c2ccc(C(F)(F)F)cc2)nc1N1CCN(C(=O)Nc2ccccc2OC)CC1. The van der Waals surface area contributed by atoms with Gasteiger partial charge in [0.05, 0.1) is 18.4 Å². The molecule has 2 heterocycles. The van der Waals surface area contributed by atoms with Crippen LogP contribution in [0.25, 0.3) is 11.4 Å². The van der Waals surface area contributed by atoms with Gasteiger partial charge in [-0.05, 0) is 37.6 Å². The maximum absolute atomic E-state index is 13.0. The molecule has 2 aromatic carbocycles. The van der Waals surface area contributed by atoms with Gasteiger partial charge in [0.15, 0.2) is 5.82 Å². The molecule has 2 amide bonds. The van der Waals surface area contributed by atoms with Crippen molar-refractivity contribution in [2.24, 2.45) is 0 Å². The number of ether oxygens (including phenoxy) is 1. The van der Waals surface area contributed by atoms with Gasteiger partial charge in [0.25, 0.3) is 0 Å². The number of hydrogen-bond acceptors (Lipinski definition) is 5. The minimum Gasteiger partial charge on any atom is -0.495 e. The van der Waals surface area contributed by atoms with Crippen molar-refractivity contribution < 1.29 is 22.7 Å². The summed E-state index contributed by atoms with van der Waals surface area (Å²) in [5, 5.41) is 2.90. The molecule has 0 bridgehead atoms. The molecule has 3 aromatic rings. The number of aromatic nitrogens is 2. The number of benzene rings is 2. The summed E-state index contributed by atoms with van der Waals surface area (Å²) in [6.07, 6.45) is -3.69. The summed E-state index contributed by atoms with van der Waals surface area (Å²) in [7, 11) is 1.55. The minimum absolute atomic E-state index is 0.209. The first kappa shape index (κ1) is 25.3. The monoisotopic (exact) mass is 499 g/mol. The van der Waals surface area contributed by atoms with Crippen molar-refractivity contribution >= 4 is 17.5 Å². The molecule has 190 valence electrons. The summed E-state index contributed by atoms with van der Waals surface area (Å²) in [6.45, 7) is 6.01. The first-order valence-corrected chi connectivity index (χ1v) is 11.7. The fourth-order valence-electron chi connectivity index (χ4n) is 4.26. The van der Waals surface area contributed by atoms with Crippen molar-refractivity contribution in [2.75, 3.05) is 43.5 Å². The fraction of sp³-hybridized carbons (Fsp3) is 0.346. The quantitative estimate of drug-likeness (QED) is 0.509. The van der Waals surface area contributed by atoms with E-state index in [1.165, 1.54) is 12.1 Å². The van der Waals surface area contributed by atoms with E-state index in [-0.39, 0.29) is 6.03 Å². The average molecular weight is 500 g/mol. The molecule has 1 fully saturated rings. The lowest BCUT2D eigenvalue weighted by Crippen LogP contribution is -2.50. The lowest BCUT2D eigenvalue weighted by atomic mass is 10.1. The van der Waals surface area contributed by atoms with Crippen LogP contribution in [0.5, 0.6) is 5.75 Å². The van der Waals surface area contributed by atoms with Gasteiger partial charge in [-0.2, -0.15) is 13.2 Å². The molecular weight excluding hydrogens is 471 g/mol. The molecule has 10 heteroatoms. The summed E-state index contributed by atoms with van der Waals surface area (Å²) >= 11 is 0. The van der Waals surface area contributed by atoms with Crippen LogP contribution in [0.15, 0.2) is 48.5 Å². The highest BCUT2D eigenvalue weighted by Crippen LogP contribution is 2.32. The maximum atomic E-state index is 13.0. The van der Waals surface area contributed by atoms with Crippen LogP contribution < -0.4 is 15.0 Å². The number of hydrogen-bond donors (Lipinski definition) is 1. The summed E-state index contributed by atoms with van der Waals surface area (Å²) in [6, 6.07) is 11.9. The molecule has 0 saturated carbocycles. The third-order valence-corrected chi connectivity index (χ3v) is 6.23. The number of carbonyl (C=O) groups excluding carboxylic acids is 1. The van der Waals surface area contributed by atoms with Crippen LogP contribution in [-0.4, -0.2) is 54.2 Å². The number of amides is 2. The van der Waals surface area contributed by atoms with Crippen LogP contribution in [-0.2, 0) is 12.6 Å². The fourth-order valence-corrected chi connectivity index (χ4v) is 4.26. The Kier molecular flexibility index (Phi) is 7.32. The maximum Gasteiger partial charge on any atom is 0.416 e. The average Bonchev–Trinajstić information content (AvgIpc) is 2.88. The topological polar surface area (TPSA) is 70.6 Å². The lowest BCUT2D eigenvalue weighted by Gasteiger charge is -2.36. The van der Waals surface area contributed by atoms with Gasteiger partial charge >= 0.3 is 12.2 Å². The highest BCUT2D eigenvalue weighted by molar-refractivity contribution is 5.91. The van der Waals surface area contributed by atoms with Gasteiger partial charge in [-0.1, -0.05) is 31.2 Å². The molecule has 7 nitrogen and oxygen atoms in total. The Morgan fingerprint density at radius 2 is 1.69 bits per heavy atom. The zero-order chi connectivity index (χ0) is 25.9. The number of anilines is 2. The lowest BCUT2D eigenvalue weighted by molar-refractivity contribution is -0.137. The zero-order valence-corrected chi connectivity index (χ0v) is 20.4. The predicted molar refractivity (Wildman–Crippen MR) is 132 cm³/mol. The Labute approximate surface area is 207 Å². The van der Waals surface area contributed by atoms with E-state index in [1.807, 2.05) is 26.0 Å². The molecule has 1 aliphatic rings. The Morgan fingerprint density at radius 1 is 1.03 bits per heavy atom. The predicted octanol–water partition coefficient (Wildman–Crippen LogP) is 5.40. The zero-order valence-electron chi connectivity index (χ0n) is 20.4. The van der Waals surface area contributed by atoms with Crippen molar-refractivity contribution in [2.45, 2.75) is 26.4 Å². The molecule has 1 saturated heterocycles. The van der Waals surface area contributed by atoms with Crippen molar-refractivity contribution in [1.82, 2.24) is 14.9 Å². The van der Waals surface area contributed by atoms with Crippen LogP contribution >= 0.6 is 0 Å². The van der Waals surface area contributed by atoms with Gasteiger partial charge in [0.2, 0.25) is 0 Å². The van der Waals surface area contributed by atoms with E-state index in [0.717, 1.165) is 29.2 Å². The van der Waals surface area contributed by atoms with Gasteiger partial charge in [-0.3, -0.25) is 0 Å². The van der Waals surface area contributed by atoms with E-state index < -0.39 is 11.7 Å². The Morgan fingerprint density at radius 3 is 2.31 bits per heavy atom. The second kappa shape index (κ2) is 10.4. The molecule has 1 N–H and O–H groups in total. The van der Waals surface area contributed by atoms with E-state index in [0.29, 0.717) is 55.4 Å². The third kappa shape index (κ3) is 5.37. The number of nitrogens with zero attached hydrogens (tertiary/aromatic N) is 4. The van der Waals surface area contributed by atoms with Crippen LogP contribution in [0.2, 0.25) is 0 Å². The Bertz CT molecular complexity index is 1220. The van der Waals surface area contributed by atoms with Crippen LogP contribution in [0.1, 0.15) is 23.7 Å². The molecular formula is C26H28F3N5O2. The highest BCUT2D eigenvalue weighted by Gasteiger charge is 2.30. The number of halogens is 3. The largest absolute Gasteiger partial charge is 0.495 e. The van der Waals surface area contributed by atoms with Crippen molar-refractivity contribution in [1.29, 1.82) is 0 Å². The first-order chi connectivity index (χ1) is 17.2. The number of carbonyl (C=O) groups is 1. The number of methoxy groups -OCH3 is 1. The Hall–Kier alpha value is -3.82. The second-order valence-corrected chi connectivity index (χ2v) is 8.47. The summed E-state index contributed by atoms with van der Waals surface area (Å²) < 4.78 is 44.2. The minimum atomic E-state index is -4.40. The highest BCUT2D eigenvalue weighted by atomic mass is 19.4. The van der Waals surface area contributed by atoms with Crippen LogP contribution in [0.4, 0.5) is 29.5 Å². The standard InChI is InChI=1S/C26H28F3N5O2/c1-4-20-17(2)30-23(18-9-11-19(12-10-18)26(27,28)29)32-24(20)33-13-15-34(16-14-33)25(35)31-21-7-5-6-8-22(21)36-3/h5-12H,4,13-16H2,1-3H3,(H,31,35). The number of urea groups is 1. The molecule has 0 spiro atoms. The van der Waals surface area contributed by atoms with Gasteiger partial charge in [-0.15, -0.1) is 0 Å². The van der Waals surface area contributed by atoms with E-state index in [4.69, 9.17) is 9.72 Å². The molecule has 4 rings (SSSR count). The smallest absolute Gasteiger partial charge is 0.416 e. The van der Waals surface area contributed by atoms with Gasteiger partial charge in [-0.25, -0.2) is 14.8 Å².